The third kappa shape index (κ3) is 5.00. The van der Waals surface area contributed by atoms with Crippen LogP contribution in [-0.4, -0.2) is 58.9 Å². The fraction of sp³-hybridized carbons (Fsp3) is 0.750. The minimum absolute atomic E-state index is 0. The molecular weight excluding hydrogens is 426 g/mol. The van der Waals surface area contributed by atoms with E-state index < -0.39 is 47.0 Å². The van der Waals surface area contributed by atoms with Gasteiger partial charge >= 0.3 is 18.2 Å². The van der Waals surface area contributed by atoms with Gasteiger partial charge in [-0.15, -0.1) is 0 Å². The van der Waals surface area contributed by atoms with Gasteiger partial charge in [0.05, 0.1) is 12.8 Å². The monoisotopic (exact) mass is 449 g/mol. The predicted octanol–water partition coefficient (Wildman–Crippen LogP) is 2.29. The molecule has 0 N–H and O–H groups in total. The van der Waals surface area contributed by atoms with Crippen LogP contribution in [0.1, 0.15) is 48.0 Å². The Bertz CT molecular complexity index is 570. The summed E-state index contributed by atoms with van der Waals surface area (Å²) < 4.78 is 29.3. The van der Waals surface area contributed by atoms with Crippen LogP contribution in [0, 0.1) is 0 Å². The first kappa shape index (κ1) is 24.9. The molecule has 0 aliphatic heterocycles. The second-order valence-electron chi connectivity index (χ2n) is 7.73. The van der Waals surface area contributed by atoms with Crippen LogP contribution < -0.4 is 0 Å². The molecule has 0 bridgehead atoms. The topological polar surface area (TPSA) is 99.2 Å². The first-order valence-corrected chi connectivity index (χ1v) is 7.56. The first-order chi connectivity index (χ1) is 11.1. The fourth-order valence-corrected chi connectivity index (χ4v) is 2.18. The van der Waals surface area contributed by atoms with Crippen molar-refractivity contribution in [3.8, 4) is 0 Å². The van der Waals surface area contributed by atoms with Crippen molar-refractivity contribution in [1.29, 1.82) is 0 Å². The molecule has 0 heterocycles. The van der Waals surface area contributed by atoms with E-state index in [4.69, 9.17) is 9.47 Å². The van der Waals surface area contributed by atoms with E-state index in [1.807, 2.05) is 0 Å². The van der Waals surface area contributed by atoms with Gasteiger partial charge in [-0.05, 0) is 48.0 Å². The van der Waals surface area contributed by atoms with Gasteiger partial charge in [0.15, 0.2) is 5.54 Å². The van der Waals surface area contributed by atoms with Crippen LogP contribution in [0.2, 0.25) is 0 Å². The van der Waals surface area contributed by atoms with Gasteiger partial charge in [-0.1, -0.05) is 0 Å². The van der Waals surface area contributed by atoms with E-state index in [9.17, 15) is 23.6 Å². The number of halogens is 1. The van der Waals surface area contributed by atoms with Crippen LogP contribution >= 0.6 is 0 Å². The molecule has 1 aliphatic rings. The third-order valence-corrected chi connectivity index (χ3v) is 3.25. The summed E-state index contributed by atoms with van der Waals surface area (Å²) in [6.45, 7) is 9.11. The number of rotatable bonds is 3. The summed E-state index contributed by atoms with van der Waals surface area (Å²) in [6, 6.07) is 0. The van der Waals surface area contributed by atoms with Gasteiger partial charge in [-0.25, -0.2) is 20.7 Å². The van der Waals surface area contributed by atoms with Gasteiger partial charge in [0.1, 0.15) is 11.2 Å². The van der Waals surface area contributed by atoms with Gasteiger partial charge in [0.25, 0.3) is 0 Å². The molecule has 10 heteroatoms. The number of carbonyl (C=O) groups excluding carboxylic acids is 4. The van der Waals surface area contributed by atoms with E-state index in [-0.39, 0.29) is 37.6 Å². The van der Waals surface area contributed by atoms with E-state index >= 15 is 0 Å². The number of alkyl halides is 1. The normalized spacial score (nSPS) is 24.6. The Morgan fingerprint density at radius 2 is 1.38 bits per heavy atom. The zero-order chi connectivity index (χ0) is 19.8. The Balaban J connectivity index is 0.00000625. The minimum atomic E-state index is -2.89. The van der Waals surface area contributed by atoms with Crippen LogP contribution in [0.15, 0.2) is 0 Å². The van der Waals surface area contributed by atoms with Crippen molar-refractivity contribution >= 4 is 24.4 Å². The summed E-state index contributed by atoms with van der Waals surface area (Å²) in [5.74, 6) is -1.28. The quantitative estimate of drug-likeness (QED) is 0.370. The Kier molecular flexibility index (Phi) is 7.55. The smallest absolute Gasteiger partial charge is 0.420 e. The van der Waals surface area contributed by atoms with E-state index in [2.05, 4.69) is 4.74 Å². The summed E-state index contributed by atoms with van der Waals surface area (Å²) in [7, 11) is 0.940. The number of amides is 2. The molecule has 1 fully saturated rings. The largest absolute Gasteiger partial charge is 0.539 e. The van der Waals surface area contributed by atoms with Gasteiger partial charge in [0.2, 0.25) is 0 Å². The fourth-order valence-electron chi connectivity index (χ4n) is 2.18. The van der Waals surface area contributed by atoms with E-state index in [0.29, 0.717) is 0 Å². The van der Waals surface area contributed by atoms with Crippen molar-refractivity contribution < 1.29 is 70.5 Å². The van der Waals surface area contributed by atoms with Gasteiger partial charge in [-0.3, -0.25) is 4.39 Å². The van der Waals surface area contributed by atoms with Gasteiger partial charge in [-0.2, -0.15) is 4.90 Å². The summed E-state index contributed by atoms with van der Waals surface area (Å²) in [4.78, 5) is 48.3. The molecule has 0 aromatic carbocycles. The van der Waals surface area contributed by atoms with Crippen LogP contribution in [0.3, 0.4) is 0 Å². The second kappa shape index (κ2) is 7.88. The van der Waals surface area contributed by atoms with Crippen LogP contribution in [0.25, 0.3) is 0 Å². The average molecular weight is 449 g/mol. The summed E-state index contributed by atoms with van der Waals surface area (Å²) in [5, 5.41) is 0. The summed E-state index contributed by atoms with van der Waals surface area (Å²) >= 11 is 0. The van der Waals surface area contributed by atoms with Gasteiger partial charge < -0.3 is 19.0 Å². The molecular formula is C16H23FNO7Y-. The maximum absolute atomic E-state index is 14.6. The molecule has 1 saturated carbocycles. The molecule has 8 nitrogen and oxygen atoms in total. The molecule has 0 unspecified atom stereocenters. The average Bonchev–Trinajstić information content (AvgIpc) is 3.01. The Morgan fingerprint density at radius 1 is 1.00 bits per heavy atom. The molecule has 1 rings (SSSR count). The molecule has 0 spiro atoms. The molecule has 145 valence electrons. The van der Waals surface area contributed by atoms with Crippen molar-refractivity contribution in [1.82, 2.24) is 4.90 Å². The number of esters is 1. The number of hydrogen-bond acceptors (Lipinski definition) is 7. The molecule has 1 radical (unpaired) electrons. The second-order valence-corrected chi connectivity index (χ2v) is 7.73. The summed E-state index contributed by atoms with van der Waals surface area (Å²) in [6.07, 6.45) is -2.38. The van der Waals surface area contributed by atoms with E-state index in [0.717, 1.165) is 13.4 Å². The zero-order valence-electron chi connectivity index (χ0n) is 16.0. The number of ether oxygens (including phenoxy) is 3. The van der Waals surface area contributed by atoms with Crippen LogP contribution in [0.5, 0.6) is 0 Å². The van der Waals surface area contributed by atoms with Crippen molar-refractivity contribution in [2.75, 3.05) is 7.11 Å². The third-order valence-electron chi connectivity index (χ3n) is 3.25. The van der Waals surface area contributed by atoms with Gasteiger partial charge in [0, 0.05) is 32.7 Å². The maximum atomic E-state index is 14.6. The molecule has 2 amide bonds. The van der Waals surface area contributed by atoms with Crippen molar-refractivity contribution in [2.24, 2.45) is 0 Å². The summed E-state index contributed by atoms with van der Waals surface area (Å²) in [5.41, 5.74) is -7.50. The number of carbonyl (C=O) groups is 3. The molecule has 0 aromatic rings. The van der Waals surface area contributed by atoms with Crippen molar-refractivity contribution in [2.45, 2.75) is 70.4 Å². The van der Waals surface area contributed by atoms with Crippen molar-refractivity contribution in [3.63, 3.8) is 0 Å². The molecule has 26 heavy (non-hydrogen) atoms. The SMILES string of the molecule is COC(=O)[C@@]1(N(C(=O)OC(C)(C)C)C(=O)OC(C)(C)C)C[C@@]1(F)[C-]=O.[Y]. The number of methoxy groups -OCH3 is 1. The molecule has 0 saturated heterocycles. The molecule has 0 aromatic heterocycles. The number of nitrogens with zero attached hydrogens (tertiary/aromatic N) is 1. The molecule has 2 atom stereocenters. The van der Waals surface area contributed by atoms with E-state index in [1.54, 1.807) is 0 Å². The van der Waals surface area contributed by atoms with E-state index in [1.165, 1.54) is 41.5 Å². The number of hydrogen-bond donors (Lipinski definition) is 0. The first-order valence-electron chi connectivity index (χ1n) is 7.56. The maximum Gasteiger partial charge on any atom is 0.420 e. The minimum Gasteiger partial charge on any atom is -0.539 e. The van der Waals surface area contributed by atoms with Crippen LogP contribution in [-0.2, 0) is 56.5 Å². The zero-order valence-corrected chi connectivity index (χ0v) is 18.8. The predicted molar refractivity (Wildman–Crippen MR) is 83.2 cm³/mol. The Morgan fingerprint density at radius 3 is 1.62 bits per heavy atom. The Labute approximate surface area is 177 Å². The standard InChI is InChI=1S/C16H23FNO7.Y/c1-13(2,3)24-11(21)18(12(22)25-14(4,5)6)16(10(20)23-7)8-15(16,17)9-19;/h8H2,1-7H3;/q-1;/t15-,16+;/m1./s1. The number of imide groups is 1. The Hall–Kier alpha value is -1.09. The molecule has 1 aliphatic carbocycles. The van der Waals surface area contributed by atoms with Crippen molar-refractivity contribution in [3.05, 3.63) is 0 Å². The van der Waals surface area contributed by atoms with Crippen LogP contribution in [0.4, 0.5) is 14.0 Å².